The lowest BCUT2D eigenvalue weighted by Gasteiger charge is -2.05. The SMILES string of the molecule is Cc1ccc(-c2cn3c(CC(=O)NCCc4ccccc4)csc3n2)cc1C. The minimum atomic E-state index is 0.0389. The molecule has 0 fully saturated rings. The predicted molar refractivity (Wildman–Crippen MR) is 115 cm³/mol. The zero-order valence-corrected chi connectivity index (χ0v) is 16.9. The second-order valence-electron chi connectivity index (χ2n) is 7.07. The van der Waals surface area contributed by atoms with E-state index < -0.39 is 0 Å². The average molecular weight is 390 g/mol. The van der Waals surface area contributed by atoms with E-state index in [2.05, 4.69) is 49.5 Å². The van der Waals surface area contributed by atoms with E-state index >= 15 is 0 Å². The minimum absolute atomic E-state index is 0.0389. The lowest BCUT2D eigenvalue weighted by Crippen LogP contribution is -2.27. The number of benzene rings is 2. The number of nitrogens with zero attached hydrogens (tertiary/aromatic N) is 2. The predicted octanol–water partition coefficient (Wildman–Crippen LogP) is 4.58. The second kappa shape index (κ2) is 7.98. The third-order valence-electron chi connectivity index (χ3n) is 5.01. The zero-order chi connectivity index (χ0) is 19.5. The quantitative estimate of drug-likeness (QED) is 0.525. The number of nitrogens with one attached hydrogen (secondary N) is 1. The number of carbonyl (C=O) groups excluding carboxylic acids is 1. The maximum absolute atomic E-state index is 12.4. The lowest BCUT2D eigenvalue weighted by atomic mass is 10.0. The maximum atomic E-state index is 12.4. The molecule has 0 atom stereocenters. The molecule has 2 heterocycles. The smallest absolute Gasteiger partial charge is 0.225 e. The Morgan fingerprint density at radius 1 is 1.11 bits per heavy atom. The first-order valence-corrected chi connectivity index (χ1v) is 10.3. The number of aryl methyl sites for hydroxylation is 2. The summed E-state index contributed by atoms with van der Waals surface area (Å²) in [5.74, 6) is 0.0389. The molecule has 142 valence electrons. The van der Waals surface area contributed by atoms with Crippen LogP contribution in [0.25, 0.3) is 16.2 Å². The van der Waals surface area contributed by atoms with Gasteiger partial charge >= 0.3 is 0 Å². The molecule has 1 N–H and O–H groups in total. The van der Waals surface area contributed by atoms with Crippen LogP contribution in [0, 0.1) is 13.8 Å². The summed E-state index contributed by atoms with van der Waals surface area (Å²) in [5, 5.41) is 5.04. The average Bonchev–Trinajstić information content (AvgIpc) is 3.27. The summed E-state index contributed by atoms with van der Waals surface area (Å²) in [7, 11) is 0. The van der Waals surface area contributed by atoms with Crippen molar-refractivity contribution in [1.82, 2.24) is 14.7 Å². The normalized spacial score (nSPS) is 11.1. The first-order valence-electron chi connectivity index (χ1n) is 9.44. The summed E-state index contributed by atoms with van der Waals surface area (Å²) >= 11 is 1.57. The van der Waals surface area contributed by atoms with Gasteiger partial charge in [0, 0.05) is 29.4 Å². The molecule has 0 unspecified atom stereocenters. The largest absolute Gasteiger partial charge is 0.355 e. The molecule has 0 saturated carbocycles. The molecule has 0 aliphatic rings. The highest BCUT2D eigenvalue weighted by Crippen LogP contribution is 2.25. The van der Waals surface area contributed by atoms with E-state index in [-0.39, 0.29) is 5.91 Å². The maximum Gasteiger partial charge on any atom is 0.225 e. The summed E-state index contributed by atoms with van der Waals surface area (Å²) in [6.45, 7) is 4.87. The molecular formula is C23H23N3OS. The van der Waals surface area contributed by atoms with E-state index in [4.69, 9.17) is 4.98 Å². The van der Waals surface area contributed by atoms with Crippen molar-refractivity contribution in [2.24, 2.45) is 0 Å². The van der Waals surface area contributed by atoms with Gasteiger partial charge in [0.05, 0.1) is 12.1 Å². The minimum Gasteiger partial charge on any atom is -0.355 e. The van der Waals surface area contributed by atoms with Gasteiger partial charge in [-0.15, -0.1) is 11.3 Å². The van der Waals surface area contributed by atoms with E-state index in [1.807, 2.05) is 34.2 Å². The van der Waals surface area contributed by atoms with Crippen LogP contribution in [0.1, 0.15) is 22.4 Å². The summed E-state index contributed by atoms with van der Waals surface area (Å²) in [5.41, 5.74) is 6.79. The number of carbonyl (C=O) groups is 1. The van der Waals surface area contributed by atoms with Gasteiger partial charge in [0.15, 0.2) is 4.96 Å². The highest BCUT2D eigenvalue weighted by Gasteiger charge is 2.13. The number of hydrogen-bond acceptors (Lipinski definition) is 3. The van der Waals surface area contributed by atoms with E-state index in [0.717, 1.165) is 28.3 Å². The van der Waals surface area contributed by atoms with E-state index in [1.54, 1.807) is 11.3 Å². The Hall–Kier alpha value is -2.92. The van der Waals surface area contributed by atoms with Crippen molar-refractivity contribution in [2.75, 3.05) is 6.54 Å². The number of imidazole rings is 1. The van der Waals surface area contributed by atoms with Gasteiger partial charge in [0.2, 0.25) is 5.91 Å². The molecule has 28 heavy (non-hydrogen) atoms. The molecule has 0 saturated heterocycles. The topological polar surface area (TPSA) is 46.4 Å². The van der Waals surface area contributed by atoms with Crippen LogP contribution in [-0.4, -0.2) is 21.8 Å². The molecule has 2 aromatic heterocycles. The summed E-state index contributed by atoms with van der Waals surface area (Å²) in [6, 6.07) is 16.6. The Labute approximate surface area is 168 Å². The highest BCUT2D eigenvalue weighted by atomic mass is 32.1. The number of amides is 1. The van der Waals surface area contributed by atoms with Crippen LogP contribution in [0.5, 0.6) is 0 Å². The molecule has 2 aromatic carbocycles. The van der Waals surface area contributed by atoms with Crippen LogP contribution >= 0.6 is 11.3 Å². The summed E-state index contributed by atoms with van der Waals surface area (Å²) in [4.78, 5) is 18.0. The molecule has 0 aliphatic heterocycles. The van der Waals surface area contributed by atoms with Crippen LogP contribution < -0.4 is 5.32 Å². The van der Waals surface area contributed by atoms with Crippen LogP contribution in [0.4, 0.5) is 0 Å². The number of fused-ring (bicyclic) bond motifs is 1. The fourth-order valence-electron chi connectivity index (χ4n) is 3.21. The van der Waals surface area contributed by atoms with Crippen molar-refractivity contribution in [2.45, 2.75) is 26.7 Å². The van der Waals surface area contributed by atoms with Crippen molar-refractivity contribution in [3.8, 4) is 11.3 Å². The van der Waals surface area contributed by atoms with Crippen LogP contribution in [0.3, 0.4) is 0 Å². The first-order chi connectivity index (χ1) is 13.6. The van der Waals surface area contributed by atoms with Crippen molar-refractivity contribution < 1.29 is 4.79 Å². The molecule has 0 aliphatic carbocycles. The third-order valence-corrected chi connectivity index (χ3v) is 5.90. The molecule has 0 spiro atoms. The lowest BCUT2D eigenvalue weighted by molar-refractivity contribution is -0.120. The fraction of sp³-hybridized carbons (Fsp3) is 0.217. The van der Waals surface area contributed by atoms with Crippen LogP contribution in [0.15, 0.2) is 60.1 Å². The molecule has 4 rings (SSSR count). The van der Waals surface area contributed by atoms with Gasteiger partial charge in [0.1, 0.15) is 0 Å². The molecule has 1 amide bonds. The van der Waals surface area contributed by atoms with Gasteiger partial charge in [-0.3, -0.25) is 9.20 Å². The van der Waals surface area contributed by atoms with E-state index in [9.17, 15) is 4.79 Å². The zero-order valence-electron chi connectivity index (χ0n) is 16.1. The van der Waals surface area contributed by atoms with Gasteiger partial charge < -0.3 is 5.32 Å². The molecule has 0 bridgehead atoms. The number of aromatic nitrogens is 2. The van der Waals surface area contributed by atoms with E-state index in [0.29, 0.717) is 13.0 Å². The van der Waals surface area contributed by atoms with Gasteiger partial charge in [-0.2, -0.15) is 0 Å². The number of thiazole rings is 1. The van der Waals surface area contributed by atoms with Crippen molar-refractivity contribution >= 4 is 22.2 Å². The molecule has 5 heteroatoms. The Bertz CT molecular complexity index is 1110. The van der Waals surface area contributed by atoms with E-state index in [1.165, 1.54) is 16.7 Å². The van der Waals surface area contributed by atoms with Crippen LogP contribution in [0.2, 0.25) is 0 Å². The van der Waals surface area contributed by atoms with Gasteiger partial charge in [-0.25, -0.2) is 4.98 Å². The van der Waals surface area contributed by atoms with Gasteiger partial charge in [-0.1, -0.05) is 42.5 Å². The van der Waals surface area contributed by atoms with Crippen molar-refractivity contribution in [3.63, 3.8) is 0 Å². The van der Waals surface area contributed by atoms with Crippen LogP contribution in [-0.2, 0) is 17.6 Å². The van der Waals surface area contributed by atoms with Crippen molar-refractivity contribution in [1.29, 1.82) is 0 Å². The number of rotatable bonds is 6. The second-order valence-corrected chi connectivity index (χ2v) is 7.90. The molecule has 4 nitrogen and oxygen atoms in total. The van der Waals surface area contributed by atoms with Crippen molar-refractivity contribution in [3.05, 3.63) is 82.5 Å². The summed E-state index contributed by atoms with van der Waals surface area (Å²) < 4.78 is 2.03. The van der Waals surface area contributed by atoms with Gasteiger partial charge in [-0.05, 0) is 43.0 Å². The molecule has 4 aromatic rings. The Kier molecular flexibility index (Phi) is 5.26. The summed E-state index contributed by atoms with van der Waals surface area (Å²) in [6.07, 6.45) is 3.23. The number of hydrogen-bond donors (Lipinski definition) is 1. The standard InChI is InChI=1S/C23H23N3OS/c1-16-8-9-19(12-17(16)2)21-14-26-20(15-28-23(26)25-21)13-22(27)24-11-10-18-6-4-3-5-7-18/h3-9,12,14-15H,10-11,13H2,1-2H3,(H,24,27). The Balaban J connectivity index is 1.43. The Morgan fingerprint density at radius 2 is 1.93 bits per heavy atom. The highest BCUT2D eigenvalue weighted by molar-refractivity contribution is 7.15. The first kappa shape index (κ1) is 18.4. The molecule has 0 radical (unpaired) electrons. The molecular weight excluding hydrogens is 366 g/mol. The fourth-order valence-corrected chi connectivity index (χ4v) is 4.09. The van der Waals surface area contributed by atoms with Gasteiger partial charge in [0.25, 0.3) is 0 Å². The third kappa shape index (κ3) is 3.99. The monoisotopic (exact) mass is 389 g/mol. The Morgan fingerprint density at radius 3 is 2.71 bits per heavy atom.